The highest BCUT2D eigenvalue weighted by molar-refractivity contribution is 8.16. The third-order valence-corrected chi connectivity index (χ3v) is 4.52. The number of amides is 2. The lowest BCUT2D eigenvalue weighted by Crippen LogP contribution is -2.41. The van der Waals surface area contributed by atoms with Crippen LogP contribution in [-0.4, -0.2) is 39.4 Å². The second-order valence-electron chi connectivity index (χ2n) is 5.96. The maximum Gasteiger partial charge on any atom is 0.416 e. The van der Waals surface area contributed by atoms with Crippen LogP contribution in [0.25, 0.3) is 0 Å². The van der Waals surface area contributed by atoms with E-state index in [1.54, 1.807) is 25.8 Å². The topological polar surface area (TPSA) is 40.6 Å². The van der Waals surface area contributed by atoms with Crippen molar-refractivity contribution in [2.75, 3.05) is 13.7 Å². The number of thioether (sulfide) groups is 1. The van der Waals surface area contributed by atoms with Crippen molar-refractivity contribution < 1.29 is 22.8 Å². The fraction of sp³-hybridized carbons (Fsp3) is 0.467. The van der Waals surface area contributed by atoms with Gasteiger partial charge < -0.3 is 0 Å². The van der Waals surface area contributed by atoms with Gasteiger partial charge >= 0.3 is 6.18 Å². The molecule has 0 radical (unpaired) electrons. The Labute approximate surface area is 136 Å². The summed E-state index contributed by atoms with van der Waals surface area (Å²) >= 11 is 0.978. The molecule has 0 unspecified atom stereocenters. The van der Waals surface area contributed by atoms with E-state index in [4.69, 9.17) is 0 Å². The molecule has 0 atom stereocenters. The number of benzene rings is 1. The van der Waals surface area contributed by atoms with Crippen molar-refractivity contribution in [2.24, 2.45) is 0 Å². The molecule has 0 spiro atoms. The van der Waals surface area contributed by atoms with Crippen LogP contribution in [0.4, 0.5) is 18.0 Å². The van der Waals surface area contributed by atoms with E-state index in [0.29, 0.717) is 12.1 Å². The van der Waals surface area contributed by atoms with E-state index in [9.17, 15) is 22.8 Å². The van der Waals surface area contributed by atoms with Gasteiger partial charge in [-0.2, -0.15) is 13.2 Å². The van der Waals surface area contributed by atoms with Crippen LogP contribution in [0.2, 0.25) is 0 Å². The molecule has 1 aromatic rings. The zero-order valence-corrected chi connectivity index (χ0v) is 13.8. The number of carbonyl (C=O) groups excluding carboxylic acids is 2. The highest BCUT2D eigenvalue weighted by Gasteiger charge is 2.46. The highest BCUT2D eigenvalue weighted by atomic mass is 32.2. The van der Waals surface area contributed by atoms with Crippen LogP contribution in [0.1, 0.15) is 25.0 Å². The Morgan fingerprint density at radius 3 is 2.17 bits per heavy atom. The van der Waals surface area contributed by atoms with Crippen LogP contribution < -0.4 is 0 Å². The van der Waals surface area contributed by atoms with Gasteiger partial charge in [0.25, 0.3) is 5.24 Å². The van der Waals surface area contributed by atoms with Crippen molar-refractivity contribution in [3.8, 4) is 0 Å². The third-order valence-electron chi connectivity index (χ3n) is 3.44. The number of halogens is 3. The average molecular weight is 346 g/mol. The minimum absolute atomic E-state index is 0.106. The molecule has 1 heterocycles. The summed E-state index contributed by atoms with van der Waals surface area (Å²) in [6.07, 6.45) is -4.36. The fourth-order valence-electron chi connectivity index (χ4n) is 2.25. The number of rotatable bonds is 4. The first-order chi connectivity index (χ1) is 10.5. The zero-order chi connectivity index (χ0) is 17.4. The second-order valence-corrected chi connectivity index (χ2v) is 7.54. The van der Waals surface area contributed by atoms with Gasteiger partial charge in [0, 0.05) is 6.54 Å². The molecular weight excluding hydrogens is 329 g/mol. The molecule has 23 heavy (non-hydrogen) atoms. The van der Waals surface area contributed by atoms with Crippen LogP contribution in [-0.2, 0) is 17.5 Å². The van der Waals surface area contributed by atoms with Gasteiger partial charge in [0.05, 0.1) is 17.0 Å². The fourth-order valence-corrected chi connectivity index (χ4v) is 3.13. The lowest BCUT2D eigenvalue weighted by Gasteiger charge is -2.23. The summed E-state index contributed by atoms with van der Waals surface area (Å²) in [4.78, 5) is 26.8. The molecule has 0 aromatic heterocycles. The van der Waals surface area contributed by atoms with E-state index in [0.717, 1.165) is 28.8 Å². The summed E-state index contributed by atoms with van der Waals surface area (Å²) in [6.45, 7) is 3.82. The SMILES string of the molecule is CN(Cc1ccc(C(F)(F)F)cc1)CN1C(=O)SC(C)(C)C1=O. The van der Waals surface area contributed by atoms with Gasteiger partial charge in [0.2, 0.25) is 5.91 Å². The summed E-state index contributed by atoms with van der Waals surface area (Å²) in [5.41, 5.74) is -0.0292. The van der Waals surface area contributed by atoms with E-state index < -0.39 is 16.5 Å². The molecule has 0 saturated carbocycles. The Balaban J connectivity index is 1.99. The van der Waals surface area contributed by atoms with Crippen LogP contribution in [0, 0.1) is 0 Å². The molecular formula is C15H17F3N2O2S. The number of nitrogens with zero attached hydrogens (tertiary/aromatic N) is 2. The average Bonchev–Trinajstić information content (AvgIpc) is 2.60. The summed E-state index contributed by atoms with van der Waals surface area (Å²) in [7, 11) is 1.70. The minimum atomic E-state index is -4.36. The highest BCUT2D eigenvalue weighted by Crippen LogP contribution is 2.36. The van der Waals surface area contributed by atoms with E-state index >= 15 is 0 Å². The first-order valence-electron chi connectivity index (χ1n) is 6.90. The molecule has 0 aliphatic carbocycles. The Morgan fingerprint density at radius 2 is 1.74 bits per heavy atom. The van der Waals surface area contributed by atoms with E-state index in [1.165, 1.54) is 12.1 Å². The molecule has 0 bridgehead atoms. The van der Waals surface area contributed by atoms with Crippen molar-refractivity contribution in [1.82, 2.24) is 9.80 Å². The van der Waals surface area contributed by atoms with Gasteiger partial charge in [0.1, 0.15) is 0 Å². The quantitative estimate of drug-likeness (QED) is 0.836. The Hall–Kier alpha value is -1.54. The number of carbonyl (C=O) groups is 2. The number of imide groups is 1. The van der Waals surface area contributed by atoms with Crippen LogP contribution in [0.15, 0.2) is 24.3 Å². The smallest absolute Gasteiger partial charge is 0.284 e. The summed E-state index contributed by atoms with van der Waals surface area (Å²) in [6, 6.07) is 4.83. The van der Waals surface area contributed by atoms with Crippen molar-refractivity contribution in [3.63, 3.8) is 0 Å². The van der Waals surface area contributed by atoms with Crippen molar-refractivity contribution in [2.45, 2.75) is 31.3 Å². The third kappa shape index (κ3) is 4.06. The van der Waals surface area contributed by atoms with E-state index in [-0.39, 0.29) is 17.8 Å². The van der Waals surface area contributed by atoms with Crippen LogP contribution >= 0.6 is 11.8 Å². The maximum absolute atomic E-state index is 12.5. The summed E-state index contributed by atoms with van der Waals surface area (Å²) in [5.74, 6) is -0.258. The summed E-state index contributed by atoms with van der Waals surface area (Å²) < 4.78 is 36.8. The second kappa shape index (κ2) is 6.16. The van der Waals surface area contributed by atoms with Gasteiger partial charge in [-0.05, 0) is 50.4 Å². The predicted molar refractivity (Wildman–Crippen MR) is 81.7 cm³/mol. The summed E-state index contributed by atoms with van der Waals surface area (Å²) in [5, 5.41) is -0.306. The van der Waals surface area contributed by atoms with Crippen molar-refractivity contribution in [1.29, 1.82) is 0 Å². The molecule has 1 aromatic carbocycles. The lowest BCUT2D eigenvalue weighted by molar-refractivity contribution is -0.137. The van der Waals surface area contributed by atoms with E-state index in [2.05, 4.69) is 0 Å². The monoisotopic (exact) mass is 346 g/mol. The van der Waals surface area contributed by atoms with E-state index in [1.807, 2.05) is 0 Å². The zero-order valence-electron chi connectivity index (χ0n) is 13.0. The Bertz CT molecular complexity index is 614. The molecule has 8 heteroatoms. The molecule has 1 aliphatic heterocycles. The first-order valence-corrected chi connectivity index (χ1v) is 7.72. The van der Waals surface area contributed by atoms with Gasteiger partial charge in [0.15, 0.2) is 0 Å². The molecule has 4 nitrogen and oxygen atoms in total. The Morgan fingerprint density at radius 1 is 1.17 bits per heavy atom. The molecule has 1 saturated heterocycles. The first kappa shape index (κ1) is 17.8. The molecule has 1 aliphatic rings. The number of hydrogen-bond acceptors (Lipinski definition) is 4. The van der Waals surface area contributed by atoms with Crippen molar-refractivity contribution in [3.05, 3.63) is 35.4 Å². The molecule has 2 amide bonds. The Kier molecular flexibility index (Phi) is 4.77. The van der Waals surface area contributed by atoms with Gasteiger partial charge in [-0.3, -0.25) is 19.4 Å². The molecule has 2 rings (SSSR count). The number of hydrogen-bond donors (Lipinski definition) is 0. The normalized spacial score (nSPS) is 18.1. The van der Waals surface area contributed by atoms with Gasteiger partial charge in [-0.25, -0.2) is 0 Å². The van der Waals surface area contributed by atoms with Gasteiger partial charge in [-0.1, -0.05) is 12.1 Å². The molecule has 126 valence electrons. The van der Waals surface area contributed by atoms with Gasteiger partial charge in [-0.15, -0.1) is 0 Å². The van der Waals surface area contributed by atoms with Crippen molar-refractivity contribution >= 4 is 22.9 Å². The lowest BCUT2D eigenvalue weighted by atomic mass is 10.1. The largest absolute Gasteiger partial charge is 0.416 e. The molecule has 0 N–H and O–H groups in total. The maximum atomic E-state index is 12.5. The minimum Gasteiger partial charge on any atom is -0.284 e. The number of alkyl halides is 3. The predicted octanol–water partition coefficient (Wildman–Crippen LogP) is 3.57. The standard InChI is InChI=1S/C15H17F3N2O2S/c1-14(2)12(21)20(13(22)23-14)9-19(3)8-10-4-6-11(7-5-10)15(16,17)18/h4-7H,8-9H2,1-3H3. The van der Waals surface area contributed by atoms with Crippen LogP contribution in [0.3, 0.4) is 0 Å². The molecule has 1 fully saturated rings. The van der Waals surface area contributed by atoms with Crippen LogP contribution in [0.5, 0.6) is 0 Å².